The SMILES string of the molecule is CCn1c(-c2ccc3c(c2)COC3)nnc1S(=O)(=O)Cl. The molecule has 1 aliphatic rings. The Balaban J connectivity index is 2.13. The van der Waals surface area contributed by atoms with Gasteiger partial charge in [0.1, 0.15) is 0 Å². The third-order valence-corrected chi connectivity index (χ3v) is 4.38. The molecule has 0 saturated heterocycles. The predicted octanol–water partition coefficient (Wildman–Crippen LogP) is 1.92. The molecule has 1 aromatic heterocycles. The second-order valence-electron chi connectivity index (χ2n) is 4.46. The third-order valence-electron chi connectivity index (χ3n) is 3.23. The third kappa shape index (κ3) is 2.21. The number of fused-ring (bicyclic) bond motifs is 1. The van der Waals surface area contributed by atoms with E-state index in [1.807, 2.05) is 25.1 Å². The molecule has 0 saturated carbocycles. The number of rotatable bonds is 3. The van der Waals surface area contributed by atoms with Crippen LogP contribution in [-0.4, -0.2) is 23.2 Å². The summed E-state index contributed by atoms with van der Waals surface area (Å²) in [6.07, 6.45) is 0. The number of hydrogen-bond acceptors (Lipinski definition) is 5. The zero-order chi connectivity index (χ0) is 14.3. The summed E-state index contributed by atoms with van der Waals surface area (Å²) in [7, 11) is 1.46. The number of ether oxygens (including phenoxy) is 1. The molecule has 2 aromatic rings. The lowest BCUT2D eigenvalue weighted by molar-refractivity contribution is 0.134. The second-order valence-corrected chi connectivity index (χ2v) is 6.92. The van der Waals surface area contributed by atoms with Crippen LogP contribution in [0.5, 0.6) is 0 Å². The van der Waals surface area contributed by atoms with E-state index < -0.39 is 9.05 Å². The molecule has 8 heteroatoms. The van der Waals surface area contributed by atoms with Gasteiger partial charge in [-0.3, -0.25) is 4.57 Å². The Labute approximate surface area is 120 Å². The summed E-state index contributed by atoms with van der Waals surface area (Å²) in [5, 5.41) is 7.42. The number of hydrogen-bond donors (Lipinski definition) is 0. The van der Waals surface area contributed by atoms with Gasteiger partial charge in [0.05, 0.1) is 13.2 Å². The van der Waals surface area contributed by atoms with Gasteiger partial charge >= 0.3 is 0 Å². The highest BCUT2D eigenvalue weighted by molar-refractivity contribution is 8.13. The van der Waals surface area contributed by atoms with Crippen molar-refractivity contribution in [2.24, 2.45) is 0 Å². The van der Waals surface area contributed by atoms with Gasteiger partial charge in [-0.05, 0) is 24.1 Å². The Kier molecular flexibility index (Phi) is 3.27. The minimum absolute atomic E-state index is 0.228. The van der Waals surface area contributed by atoms with Crippen molar-refractivity contribution < 1.29 is 13.2 Å². The van der Waals surface area contributed by atoms with Crippen LogP contribution in [0.1, 0.15) is 18.1 Å². The Morgan fingerprint density at radius 2 is 2.05 bits per heavy atom. The van der Waals surface area contributed by atoms with Crippen LogP contribution in [0.25, 0.3) is 11.4 Å². The average molecular weight is 314 g/mol. The molecule has 0 fully saturated rings. The fourth-order valence-electron chi connectivity index (χ4n) is 2.28. The lowest BCUT2D eigenvalue weighted by Gasteiger charge is -2.07. The minimum Gasteiger partial charge on any atom is -0.372 e. The first kappa shape index (κ1) is 13.5. The molecule has 1 aliphatic heterocycles. The molecular weight excluding hydrogens is 302 g/mol. The van der Waals surface area contributed by atoms with Crippen molar-refractivity contribution in [1.82, 2.24) is 14.8 Å². The van der Waals surface area contributed by atoms with Crippen molar-refractivity contribution in [3.8, 4) is 11.4 Å². The molecule has 2 heterocycles. The molecule has 0 radical (unpaired) electrons. The van der Waals surface area contributed by atoms with Crippen LogP contribution in [0.4, 0.5) is 0 Å². The normalized spacial score (nSPS) is 14.5. The summed E-state index contributed by atoms with van der Waals surface area (Å²) in [5.41, 5.74) is 3.03. The molecule has 0 bridgehead atoms. The maximum absolute atomic E-state index is 11.5. The summed E-state index contributed by atoms with van der Waals surface area (Å²) < 4.78 is 29.8. The number of aromatic nitrogens is 3. The molecule has 6 nitrogen and oxygen atoms in total. The molecule has 3 rings (SSSR count). The molecular formula is C12H12ClN3O3S. The maximum atomic E-state index is 11.5. The number of halogens is 1. The zero-order valence-electron chi connectivity index (χ0n) is 10.7. The van der Waals surface area contributed by atoms with E-state index in [0.717, 1.165) is 16.7 Å². The molecule has 0 N–H and O–H groups in total. The molecule has 1 aromatic carbocycles. The van der Waals surface area contributed by atoms with Crippen molar-refractivity contribution in [2.75, 3.05) is 0 Å². The fourth-order valence-corrected chi connectivity index (χ4v) is 3.24. The van der Waals surface area contributed by atoms with Gasteiger partial charge in [0, 0.05) is 22.8 Å². The van der Waals surface area contributed by atoms with Crippen molar-refractivity contribution in [1.29, 1.82) is 0 Å². The summed E-state index contributed by atoms with van der Waals surface area (Å²) in [6.45, 7) is 3.40. The summed E-state index contributed by atoms with van der Waals surface area (Å²) in [6, 6.07) is 5.79. The zero-order valence-corrected chi connectivity index (χ0v) is 12.3. The molecule has 20 heavy (non-hydrogen) atoms. The highest BCUT2D eigenvalue weighted by atomic mass is 35.7. The van der Waals surface area contributed by atoms with Crippen LogP contribution in [-0.2, 0) is 33.5 Å². The van der Waals surface area contributed by atoms with E-state index in [0.29, 0.717) is 25.6 Å². The Hall–Kier alpha value is -1.44. The topological polar surface area (TPSA) is 74.1 Å². The van der Waals surface area contributed by atoms with Crippen LogP contribution in [0.15, 0.2) is 23.4 Å². The predicted molar refractivity (Wildman–Crippen MR) is 72.7 cm³/mol. The van der Waals surface area contributed by atoms with E-state index in [1.54, 1.807) is 0 Å². The monoisotopic (exact) mass is 313 g/mol. The van der Waals surface area contributed by atoms with E-state index in [-0.39, 0.29) is 5.16 Å². The number of nitrogens with zero attached hydrogens (tertiary/aromatic N) is 3. The first-order chi connectivity index (χ1) is 9.50. The lowest BCUT2D eigenvalue weighted by atomic mass is 10.1. The van der Waals surface area contributed by atoms with Gasteiger partial charge in [0.2, 0.25) is 0 Å². The van der Waals surface area contributed by atoms with Crippen molar-refractivity contribution >= 4 is 19.7 Å². The average Bonchev–Trinajstić information content (AvgIpc) is 3.03. The molecule has 0 amide bonds. The molecule has 0 aliphatic carbocycles. The Bertz CT molecular complexity index is 770. The van der Waals surface area contributed by atoms with E-state index in [4.69, 9.17) is 15.4 Å². The van der Waals surface area contributed by atoms with Gasteiger partial charge in [0.15, 0.2) is 5.82 Å². The summed E-state index contributed by atoms with van der Waals surface area (Å²) in [4.78, 5) is 0. The Morgan fingerprint density at radius 3 is 2.75 bits per heavy atom. The van der Waals surface area contributed by atoms with E-state index >= 15 is 0 Å². The second kappa shape index (κ2) is 4.83. The quantitative estimate of drug-likeness (QED) is 0.809. The van der Waals surface area contributed by atoms with Gasteiger partial charge in [-0.2, -0.15) is 0 Å². The highest BCUT2D eigenvalue weighted by Gasteiger charge is 2.23. The molecule has 0 spiro atoms. The lowest BCUT2D eigenvalue weighted by Crippen LogP contribution is -2.06. The summed E-state index contributed by atoms with van der Waals surface area (Å²) in [5.74, 6) is 0.487. The van der Waals surface area contributed by atoms with E-state index in [2.05, 4.69) is 10.2 Å². The van der Waals surface area contributed by atoms with E-state index in [9.17, 15) is 8.42 Å². The van der Waals surface area contributed by atoms with Crippen LogP contribution >= 0.6 is 10.7 Å². The van der Waals surface area contributed by atoms with Crippen LogP contribution < -0.4 is 0 Å². The fraction of sp³-hybridized carbons (Fsp3) is 0.333. The van der Waals surface area contributed by atoms with Crippen molar-refractivity contribution in [2.45, 2.75) is 31.8 Å². The first-order valence-electron chi connectivity index (χ1n) is 6.08. The van der Waals surface area contributed by atoms with Gasteiger partial charge in [-0.1, -0.05) is 12.1 Å². The summed E-state index contributed by atoms with van der Waals surface area (Å²) >= 11 is 0. The molecule has 0 unspecified atom stereocenters. The van der Waals surface area contributed by atoms with E-state index in [1.165, 1.54) is 4.57 Å². The van der Waals surface area contributed by atoms with Crippen molar-refractivity contribution in [3.63, 3.8) is 0 Å². The molecule has 0 atom stereocenters. The van der Waals surface area contributed by atoms with Gasteiger partial charge in [-0.15, -0.1) is 10.2 Å². The first-order valence-corrected chi connectivity index (χ1v) is 8.39. The Morgan fingerprint density at radius 1 is 1.30 bits per heavy atom. The largest absolute Gasteiger partial charge is 0.372 e. The van der Waals surface area contributed by atoms with Crippen LogP contribution in [0.2, 0.25) is 0 Å². The number of benzene rings is 1. The van der Waals surface area contributed by atoms with Gasteiger partial charge < -0.3 is 4.74 Å². The highest BCUT2D eigenvalue weighted by Crippen LogP contribution is 2.27. The van der Waals surface area contributed by atoms with Crippen LogP contribution in [0, 0.1) is 0 Å². The maximum Gasteiger partial charge on any atom is 0.296 e. The van der Waals surface area contributed by atoms with Crippen molar-refractivity contribution in [3.05, 3.63) is 29.3 Å². The van der Waals surface area contributed by atoms with Crippen LogP contribution in [0.3, 0.4) is 0 Å². The smallest absolute Gasteiger partial charge is 0.296 e. The standard InChI is InChI=1S/C12H12ClN3O3S/c1-2-16-11(14-15-12(16)20(13,17)18)8-3-4-9-6-19-7-10(9)5-8/h3-5H,2,6-7H2,1H3. The molecule has 106 valence electrons. The minimum atomic E-state index is -3.91. The van der Waals surface area contributed by atoms with Gasteiger partial charge in [-0.25, -0.2) is 8.42 Å². The van der Waals surface area contributed by atoms with Gasteiger partial charge in [0.25, 0.3) is 14.2 Å².